The summed E-state index contributed by atoms with van der Waals surface area (Å²) in [6.45, 7) is 18.1. The summed E-state index contributed by atoms with van der Waals surface area (Å²) in [5.41, 5.74) is -0.539. The van der Waals surface area contributed by atoms with Crippen LogP contribution in [0.1, 0.15) is 60.8 Å². The van der Waals surface area contributed by atoms with E-state index >= 15 is 0 Å². The van der Waals surface area contributed by atoms with Crippen molar-refractivity contribution in [1.82, 2.24) is 9.80 Å². The van der Waals surface area contributed by atoms with Gasteiger partial charge in [-0.1, -0.05) is 20.8 Å². The van der Waals surface area contributed by atoms with Crippen LogP contribution in [-0.4, -0.2) is 68.0 Å². The molecule has 0 saturated carbocycles. The number of likely N-dealkylation sites (tertiary alicyclic amines) is 2. The van der Waals surface area contributed by atoms with Crippen LogP contribution in [0.15, 0.2) is 0 Å². The summed E-state index contributed by atoms with van der Waals surface area (Å²) >= 11 is 0. The first-order chi connectivity index (χ1) is 12.6. The average molecular weight is 413 g/mol. The molecule has 0 spiro atoms. The molecule has 0 bridgehead atoms. The minimum absolute atomic E-state index is 0.00210. The van der Waals surface area contributed by atoms with Crippen molar-refractivity contribution in [2.75, 3.05) is 20.1 Å². The topological polar surface area (TPSA) is 59.1 Å². The molecule has 6 nitrogen and oxygen atoms in total. The molecule has 0 aromatic carbocycles. The van der Waals surface area contributed by atoms with Gasteiger partial charge in [0.2, 0.25) is 5.91 Å². The first kappa shape index (κ1) is 23.2. The molecular weight excluding hydrogens is 372 g/mol. The van der Waals surface area contributed by atoms with Crippen molar-refractivity contribution in [2.24, 2.45) is 5.92 Å². The van der Waals surface area contributed by atoms with Crippen LogP contribution in [0.25, 0.3) is 0 Å². The van der Waals surface area contributed by atoms with Gasteiger partial charge in [-0.05, 0) is 57.7 Å². The van der Waals surface area contributed by atoms with Gasteiger partial charge in [0.15, 0.2) is 8.32 Å². The second-order valence-corrected chi connectivity index (χ2v) is 15.8. The molecule has 28 heavy (non-hydrogen) atoms. The van der Waals surface area contributed by atoms with Crippen LogP contribution >= 0.6 is 0 Å². The minimum atomic E-state index is -1.94. The number of piperidine rings is 1. The summed E-state index contributed by atoms with van der Waals surface area (Å²) in [7, 11) is -0.0893. The summed E-state index contributed by atoms with van der Waals surface area (Å²) < 4.78 is 12.3. The van der Waals surface area contributed by atoms with Gasteiger partial charge < -0.3 is 19.0 Å². The lowest BCUT2D eigenvalue weighted by Crippen LogP contribution is -2.47. The lowest BCUT2D eigenvalue weighted by atomic mass is 9.87. The molecule has 2 amide bonds. The van der Waals surface area contributed by atoms with Crippen molar-refractivity contribution in [3.05, 3.63) is 0 Å². The molecule has 0 aromatic rings. The molecule has 0 aliphatic carbocycles. The Kier molecular flexibility index (Phi) is 6.61. The fraction of sp³-hybridized carbons (Fsp3) is 0.905. The molecule has 2 saturated heterocycles. The van der Waals surface area contributed by atoms with Crippen LogP contribution in [-0.2, 0) is 14.0 Å². The SMILES string of the molecule is CN1CCC([C@@H]2C[C@@H](O[Si](C)(C)C(C)(C)C)CN2C(=O)OC(C)(C)C)CC1=O. The highest BCUT2D eigenvalue weighted by Crippen LogP contribution is 2.40. The van der Waals surface area contributed by atoms with E-state index in [0.29, 0.717) is 13.0 Å². The summed E-state index contributed by atoms with van der Waals surface area (Å²) in [6, 6.07) is 0.00210. The number of carbonyl (C=O) groups excluding carboxylic acids is 2. The number of carbonyl (C=O) groups is 2. The van der Waals surface area contributed by atoms with Crippen LogP contribution in [0.5, 0.6) is 0 Å². The van der Waals surface area contributed by atoms with Crippen LogP contribution in [0.3, 0.4) is 0 Å². The largest absolute Gasteiger partial charge is 0.444 e. The van der Waals surface area contributed by atoms with Crippen molar-refractivity contribution < 1.29 is 18.8 Å². The monoisotopic (exact) mass is 412 g/mol. The van der Waals surface area contributed by atoms with Gasteiger partial charge in [0.05, 0.1) is 6.10 Å². The Balaban J connectivity index is 2.19. The highest BCUT2D eigenvalue weighted by molar-refractivity contribution is 6.74. The second-order valence-electron chi connectivity index (χ2n) is 11.0. The van der Waals surface area contributed by atoms with Gasteiger partial charge >= 0.3 is 6.09 Å². The van der Waals surface area contributed by atoms with E-state index in [1.54, 1.807) is 4.90 Å². The summed E-state index contributed by atoms with van der Waals surface area (Å²) in [6.07, 6.45) is 1.91. The van der Waals surface area contributed by atoms with Crippen molar-refractivity contribution in [3.63, 3.8) is 0 Å². The maximum absolute atomic E-state index is 12.9. The van der Waals surface area contributed by atoms with E-state index in [-0.39, 0.29) is 35.1 Å². The Hall–Kier alpha value is -1.08. The van der Waals surface area contributed by atoms with Crippen molar-refractivity contribution in [3.8, 4) is 0 Å². The third kappa shape index (κ3) is 5.50. The Labute approximate surface area is 172 Å². The van der Waals surface area contributed by atoms with Gasteiger partial charge in [-0.2, -0.15) is 0 Å². The molecule has 0 radical (unpaired) electrons. The first-order valence-electron chi connectivity index (χ1n) is 10.5. The number of rotatable bonds is 3. The number of nitrogens with zero attached hydrogens (tertiary/aromatic N) is 2. The predicted molar refractivity (Wildman–Crippen MR) is 114 cm³/mol. The molecule has 162 valence electrons. The quantitative estimate of drug-likeness (QED) is 0.650. The van der Waals surface area contributed by atoms with Crippen molar-refractivity contribution in [2.45, 2.75) is 96.7 Å². The lowest BCUT2D eigenvalue weighted by Gasteiger charge is -2.38. The zero-order valence-corrected chi connectivity index (χ0v) is 20.3. The standard InChI is InChI=1S/C21H40N2O4Si/c1-20(2,3)26-19(25)23-14-16(27-28(8,9)21(4,5)6)13-17(23)15-10-11-22(7)18(24)12-15/h15-17H,10-14H2,1-9H3/t15?,16-,17+/m1/s1. The van der Waals surface area contributed by atoms with Gasteiger partial charge in [-0.3, -0.25) is 4.79 Å². The van der Waals surface area contributed by atoms with E-state index in [9.17, 15) is 9.59 Å². The predicted octanol–water partition coefficient (Wildman–Crippen LogP) is 4.25. The molecule has 3 atom stereocenters. The zero-order chi connectivity index (χ0) is 21.5. The smallest absolute Gasteiger partial charge is 0.410 e. The molecule has 2 fully saturated rings. The molecular formula is C21H40N2O4Si. The molecule has 1 unspecified atom stereocenters. The van der Waals surface area contributed by atoms with Crippen molar-refractivity contribution >= 4 is 20.3 Å². The maximum Gasteiger partial charge on any atom is 0.410 e. The molecule has 2 rings (SSSR count). The van der Waals surface area contributed by atoms with Gasteiger partial charge in [0, 0.05) is 32.6 Å². The lowest BCUT2D eigenvalue weighted by molar-refractivity contribution is -0.134. The molecule has 2 aliphatic heterocycles. The average Bonchev–Trinajstić information content (AvgIpc) is 2.90. The molecule has 7 heteroatoms. The number of amides is 2. The summed E-state index contributed by atoms with van der Waals surface area (Å²) in [5.74, 6) is 0.332. The van der Waals surface area contributed by atoms with Gasteiger partial charge in [-0.25, -0.2) is 4.79 Å². The minimum Gasteiger partial charge on any atom is -0.444 e. The first-order valence-corrected chi connectivity index (χ1v) is 13.4. The summed E-state index contributed by atoms with van der Waals surface area (Å²) in [5, 5.41) is 0.116. The van der Waals surface area contributed by atoms with Crippen molar-refractivity contribution in [1.29, 1.82) is 0 Å². The highest BCUT2D eigenvalue weighted by Gasteiger charge is 2.47. The second kappa shape index (κ2) is 7.98. The molecule has 2 aliphatic rings. The normalized spacial score (nSPS) is 27.3. The van der Waals surface area contributed by atoms with E-state index in [1.807, 2.05) is 32.7 Å². The summed E-state index contributed by atoms with van der Waals surface area (Å²) in [4.78, 5) is 28.8. The number of hydrogen-bond donors (Lipinski definition) is 0. The van der Waals surface area contributed by atoms with E-state index in [4.69, 9.17) is 9.16 Å². The van der Waals surface area contributed by atoms with E-state index in [0.717, 1.165) is 19.4 Å². The van der Waals surface area contributed by atoms with Gasteiger partial charge in [0.25, 0.3) is 0 Å². The highest BCUT2D eigenvalue weighted by atomic mass is 28.4. The fourth-order valence-corrected chi connectivity index (χ4v) is 5.13. The third-order valence-corrected chi connectivity index (χ3v) is 11.0. The third-order valence-electron chi connectivity index (χ3n) is 6.44. The van der Waals surface area contributed by atoms with Crippen LogP contribution < -0.4 is 0 Å². The van der Waals surface area contributed by atoms with Crippen LogP contribution in [0.2, 0.25) is 18.1 Å². The number of hydrogen-bond acceptors (Lipinski definition) is 4. The maximum atomic E-state index is 12.9. The Bertz CT molecular complexity index is 594. The van der Waals surface area contributed by atoms with Gasteiger partial charge in [-0.15, -0.1) is 0 Å². The Morgan fingerprint density at radius 2 is 1.75 bits per heavy atom. The van der Waals surface area contributed by atoms with Crippen LogP contribution in [0, 0.1) is 5.92 Å². The fourth-order valence-electron chi connectivity index (χ4n) is 3.78. The Morgan fingerprint density at radius 3 is 2.25 bits per heavy atom. The van der Waals surface area contributed by atoms with Gasteiger partial charge in [0.1, 0.15) is 5.60 Å². The Morgan fingerprint density at radius 1 is 1.14 bits per heavy atom. The number of ether oxygens (including phenoxy) is 1. The molecule has 0 N–H and O–H groups in total. The van der Waals surface area contributed by atoms with E-state index in [2.05, 4.69) is 33.9 Å². The van der Waals surface area contributed by atoms with E-state index < -0.39 is 13.9 Å². The zero-order valence-electron chi connectivity index (χ0n) is 19.3. The molecule has 0 aromatic heterocycles. The molecule has 2 heterocycles. The van der Waals surface area contributed by atoms with Crippen LogP contribution in [0.4, 0.5) is 4.79 Å². The van der Waals surface area contributed by atoms with E-state index in [1.165, 1.54) is 0 Å².